The lowest BCUT2D eigenvalue weighted by Gasteiger charge is -2.09. The molecule has 6 heteroatoms. The number of halogens is 2. The maximum Gasteiger partial charge on any atom is 0.251 e. The zero-order valence-corrected chi connectivity index (χ0v) is 16.0. The largest absolute Gasteiger partial charge is 0.488 e. The molecule has 0 aliphatic rings. The summed E-state index contributed by atoms with van der Waals surface area (Å²) >= 11 is 3.45. The minimum Gasteiger partial charge on any atom is -0.488 e. The van der Waals surface area contributed by atoms with Gasteiger partial charge in [-0.1, -0.05) is 31.2 Å². The third-order valence-electron chi connectivity index (χ3n) is 3.28. The number of likely N-dealkylation sites (N-methyl/N-ethyl adjacent to an activating group) is 1. The van der Waals surface area contributed by atoms with Crippen molar-refractivity contribution in [3.63, 3.8) is 0 Å². The molecule has 0 aromatic heterocycles. The van der Waals surface area contributed by atoms with Crippen molar-refractivity contribution < 1.29 is 9.53 Å². The molecule has 1 amide bonds. The van der Waals surface area contributed by atoms with Gasteiger partial charge in [0.05, 0.1) is 4.47 Å². The molecular weight excluding hydrogens is 392 g/mol. The van der Waals surface area contributed by atoms with Crippen molar-refractivity contribution in [3.05, 3.63) is 64.1 Å². The van der Waals surface area contributed by atoms with Crippen LogP contribution in [-0.4, -0.2) is 25.5 Å². The molecule has 4 nitrogen and oxygen atoms in total. The minimum absolute atomic E-state index is 0. The minimum atomic E-state index is -0.0545. The van der Waals surface area contributed by atoms with Crippen LogP contribution in [0.1, 0.15) is 22.8 Å². The Morgan fingerprint density at radius 2 is 1.79 bits per heavy atom. The fraction of sp³-hybridized carbons (Fsp3) is 0.278. The van der Waals surface area contributed by atoms with Gasteiger partial charge in [-0.05, 0) is 52.3 Å². The van der Waals surface area contributed by atoms with Gasteiger partial charge in [0.2, 0.25) is 0 Å². The van der Waals surface area contributed by atoms with E-state index in [1.54, 1.807) is 0 Å². The predicted octanol–water partition coefficient (Wildman–Crippen LogP) is 3.79. The molecule has 0 radical (unpaired) electrons. The highest BCUT2D eigenvalue weighted by molar-refractivity contribution is 9.10. The average Bonchev–Trinajstić information content (AvgIpc) is 2.58. The Bertz CT molecular complexity index is 635. The van der Waals surface area contributed by atoms with Gasteiger partial charge in [0.1, 0.15) is 12.4 Å². The van der Waals surface area contributed by atoms with E-state index in [2.05, 4.69) is 26.6 Å². The lowest BCUT2D eigenvalue weighted by atomic mass is 10.1. The van der Waals surface area contributed by atoms with E-state index in [9.17, 15) is 4.79 Å². The summed E-state index contributed by atoms with van der Waals surface area (Å²) < 4.78 is 6.69. The molecule has 0 fully saturated rings. The topological polar surface area (TPSA) is 50.4 Å². The van der Waals surface area contributed by atoms with Crippen LogP contribution in [0.4, 0.5) is 0 Å². The molecular formula is C18H22BrClN2O2. The van der Waals surface area contributed by atoms with Crippen molar-refractivity contribution >= 4 is 34.2 Å². The molecule has 0 bridgehead atoms. The van der Waals surface area contributed by atoms with Crippen molar-refractivity contribution in [1.29, 1.82) is 0 Å². The molecule has 2 aromatic carbocycles. The number of rotatable bonds is 8. The van der Waals surface area contributed by atoms with Gasteiger partial charge in [0.15, 0.2) is 0 Å². The summed E-state index contributed by atoms with van der Waals surface area (Å²) in [5, 5.41) is 6.05. The lowest BCUT2D eigenvalue weighted by Crippen LogP contribution is -2.31. The van der Waals surface area contributed by atoms with Crippen LogP contribution in [0.2, 0.25) is 0 Å². The monoisotopic (exact) mass is 412 g/mol. The first-order chi connectivity index (χ1) is 11.2. The van der Waals surface area contributed by atoms with Crippen LogP contribution in [0.5, 0.6) is 5.75 Å². The molecule has 2 N–H and O–H groups in total. The van der Waals surface area contributed by atoms with E-state index in [0.29, 0.717) is 18.7 Å². The summed E-state index contributed by atoms with van der Waals surface area (Å²) in [5.41, 5.74) is 1.68. The van der Waals surface area contributed by atoms with Crippen molar-refractivity contribution in [2.45, 2.75) is 13.5 Å². The van der Waals surface area contributed by atoms with Crippen molar-refractivity contribution in [2.75, 3.05) is 19.6 Å². The second-order valence-electron chi connectivity index (χ2n) is 5.03. The second-order valence-corrected chi connectivity index (χ2v) is 5.88. The number of nitrogens with one attached hydrogen (secondary N) is 2. The number of ether oxygens (including phenoxy) is 1. The molecule has 2 aromatic rings. The standard InChI is InChI=1S/C18H21BrN2O2.ClH/c1-2-20-11-12-21-18(22)15-9-7-14(8-10-15)13-23-17-6-4-3-5-16(17)19;/h3-10,20H,2,11-13H2,1H3,(H,21,22);1H. The predicted molar refractivity (Wildman–Crippen MR) is 103 cm³/mol. The molecule has 0 aliphatic heterocycles. The summed E-state index contributed by atoms with van der Waals surface area (Å²) in [6.45, 7) is 4.81. The van der Waals surface area contributed by atoms with Crippen LogP contribution in [0, 0.1) is 0 Å². The van der Waals surface area contributed by atoms with E-state index in [1.165, 1.54) is 0 Å². The van der Waals surface area contributed by atoms with E-state index in [1.807, 2.05) is 55.5 Å². The van der Waals surface area contributed by atoms with E-state index in [0.717, 1.165) is 28.9 Å². The molecule has 0 atom stereocenters. The van der Waals surface area contributed by atoms with Gasteiger partial charge in [0.25, 0.3) is 5.91 Å². The molecule has 0 saturated heterocycles. The van der Waals surface area contributed by atoms with Crippen molar-refractivity contribution in [2.24, 2.45) is 0 Å². The van der Waals surface area contributed by atoms with Crippen LogP contribution < -0.4 is 15.4 Å². The third-order valence-corrected chi connectivity index (χ3v) is 3.94. The van der Waals surface area contributed by atoms with Gasteiger partial charge in [0, 0.05) is 18.7 Å². The van der Waals surface area contributed by atoms with Crippen LogP contribution in [0.25, 0.3) is 0 Å². The number of amides is 1. The number of para-hydroxylation sites is 1. The van der Waals surface area contributed by atoms with E-state index < -0.39 is 0 Å². The molecule has 130 valence electrons. The summed E-state index contributed by atoms with van der Waals surface area (Å²) in [6.07, 6.45) is 0. The molecule has 0 saturated carbocycles. The molecule has 0 heterocycles. The highest BCUT2D eigenvalue weighted by Crippen LogP contribution is 2.24. The van der Waals surface area contributed by atoms with Crippen molar-refractivity contribution in [1.82, 2.24) is 10.6 Å². The molecule has 24 heavy (non-hydrogen) atoms. The Morgan fingerprint density at radius 3 is 2.46 bits per heavy atom. The SMILES string of the molecule is CCNCCNC(=O)c1ccc(COc2ccccc2Br)cc1.Cl. The van der Waals surface area contributed by atoms with E-state index in [-0.39, 0.29) is 18.3 Å². The summed E-state index contributed by atoms with van der Waals surface area (Å²) in [5.74, 6) is 0.749. The summed E-state index contributed by atoms with van der Waals surface area (Å²) in [4.78, 5) is 12.0. The quantitative estimate of drug-likeness (QED) is 0.647. The first-order valence-corrected chi connectivity index (χ1v) is 8.45. The first-order valence-electron chi connectivity index (χ1n) is 7.66. The normalized spacial score (nSPS) is 9.92. The smallest absolute Gasteiger partial charge is 0.251 e. The second kappa shape index (κ2) is 11.1. The van der Waals surface area contributed by atoms with E-state index in [4.69, 9.17) is 4.74 Å². The zero-order valence-electron chi connectivity index (χ0n) is 13.5. The van der Waals surface area contributed by atoms with Gasteiger partial charge in [-0.2, -0.15) is 0 Å². The van der Waals surface area contributed by atoms with Crippen molar-refractivity contribution in [3.8, 4) is 5.75 Å². The fourth-order valence-corrected chi connectivity index (χ4v) is 2.42. The van der Waals surface area contributed by atoms with Gasteiger partial charge in [-0.15, -0.1) is 12.4 Å². The van der Waals surface area contributed by atoms with Gasteiger partial charge < -0.3 is 15.4 Å². The Morgan fingerprint density at radius 1 is 1.08 bits per heavy atom. The number of hydrogen-bond acceptors (Lipinski definition) is 3. The van der Waals surface area contributed by atoms with E-state index >= 15 is 0 Å². The number of carbonyl (C=O) groups is 1. The Kier molecular flexibility index (Phi) is 9.45. The van der Waals surface area contributed by atoms with Crippen LogP contribution in [-0.2, 0) is 6.61 Å². The highest BCUT2D eigenvalue weighted by Gasteiger charge is 2.05. The Hall–Kier alpha value is -1.56. The van der Waals surface area contributed by atoms with Crippen LogP contribution in [0.15, 0.2) is 53.0 Å². The highest BCUT2D eigenvalue weighted by atomic mass is 79.9. The number of hydrogen-bond donors (Lipinski definition) is 2. The fourth-order valence-electron chi connectivity index (χ4n) is 2.02. The Labute approximate surface area is 157 Å². The maximum atomic E-state index is 12.0. The average molecular weight is 414 g/mol. The lowest BCUT2D eigenvalue weighted by molar-refractivity contribution is 0.0954. The number of benzene rings is 2. The Balaban J connectivity index is 0.00000288. The maximum absolute atomic E-state index is 12.0. The first kappa shape index (κ1) is 20.5. The van der Waals surface area contributed by atoms with Gasteiger partial charge >= 0.3 is 0 Å². The molecule has 2 rings (SSSR count). The van der Waals surface area contributed by atoms with Gasteiger partial charge in [-0.25, -0.2) is 0 Å². The number of carbonyl (C=O) groups excluding carboxylic acids is 1. The van der Waals surface area contributed by atoms with Crippen LogP contribution in [0.3, 0.4) is 0 Å². The zero-order chi connectivity index (χ0) is 16.5. The third kappa shape index (κ3) is 6.51. The molecule has 0 unspecified atom stereocenters. The molecule has 0 spiro atoms. The van der Waals surface area contributed by atoms with Gasteiger partial charge in [-0.3, -0.25) is 4.79 Å². The summed E-state index contributed by atoms with van der Waals surface area (Å²) in [6, 6.07) is 15.2. The molecule has 0 aliphatic carbocycles. The van der Waals surface area contributed by atoms with Crippen LogP contribution >= 0.6 is 28.3 Å². The summed E-state index contributed by atoms with van der Waals surface area (Å²) in [7, 11) is 0.